The van der Waals surface area contributed by atoms with E-state index >= 15 is 0 Å². The minimum Gasteiger partial charge on any atom is -0.507 e. The van der Waals surface area contributed by atoms with Crippen molar-refractivity contribution in [3.63, 3.8) is 0 Å². The average Bonchev–Trinajstić information content (AvgIpc) is 2.47. The number of hydrogen-bond acceptors (Lipinski definition) is 3. The topological polar surface area (TPSA) is 44.6 Å². The van der Waals surface area contributed by atoms with Gasteiger partial charge in [0.05, 0.1) is 0 Å². The highest BCUT2D eigenvalue weighted by Gasteiger charge is 2.11. The number of phenols is 1. The van der Waals surface area contributed by atoms with Gasteiger partial charge in [0.25, 0.3) is 0 Å². The normalized spacial score (nSPS) is 16.9. The molecule has 110 valence electrons. The molecule has 1 fully saturated rings. The molecule has 0 heterocycles. The van der Waals surface area contributed by atoms with Crippen molar-refractivity contribution in [2.45, 2.75) is 44.6 Å². The lowest BCUT2D eigenvalue weighted by Crippen LogP contribution is -2.31. The third-order valence-electron chi connectivity index (χ3n) is 3.72. The zero-order chi connectivity index (χ0) is 14.2. The summed E-state index contributed by atoms with van der Waals surface area (Å²) in [6.07, 6.45) is 9.48. The summed E-state index contributed by atoms with van der Waals surface area (Å²) in [5.41, 5.74) is 0.678. The van der Waals surface area contributed by atoms with E-state index < -0.39 is 0 Å². The van der Waals surface area contributed by atoms with Gasteiger partial charge in [0, 0.05) is 29.4 Å². The molecule has 0 unspecified atom stereocenters. The molecule has 1 aromatic rings. The lowest BCUT2D eigenvalue weighted by molar-refractivity contribution is 0.373. The first-order valence-corrected chi connectivity index (χ1v) is 7.85. The fourth-order valence-corrected chi connectivity index (χ4v) is 2.76. The van der Waals surface area contributed by atoms with Gasteiger partial charge in [0.15, 0.2) is 0 Å². The number of nitrogens with zero attached hydrogens (tertiary/aromatic N) is 1. The van der Waals surface area contributed by atoms with Crippen LogP contribution < -0.4 is 5.32 Å². The maximum Gasteiger partial charge on any atom is 0.124 e. The van der Waals surface area contributed by atoms with Gasteiger partial charge in [-0.2, -0.15) is 0 Å². The van der Waals surface area contributed by atoms with E-state index in [4.69, 9.17) is 11.6 Å². The molecule has 0 aliphatic heterocycles. The largest absolute Gasteiger partial charge is 0.507 e. The summed E-state index contributed by atoms with van der Waals surface area (Å²) in [6, 6.07) is 5.70. The van der Waals surface area contributed by atoms with Gasteiger partial charge in [0.1, 0.15) is 5.75 Å². The SMILES string of the molecule is Oc1ccc(Cl)cc1C=NCCCNC1CCCCC1. The smallest absolute Gasteiger partial charge is 0.124 e. The van der Waals surface area contributed by atoms with E-state index in [2.05, 4.69) is 10.3 Å². The molecule has 1 aliphatic carbocycles. The number of aromatic hydroxyl groups is 1. The molecular weight excluding hydrogens is 272 g/mol. The number of phenolic OH excluding ortho intramolecular Hbond substituents is 1. The van der Waals surface area contributed by atoms with Crippen LogP contribution in [0.25, 0.3) is 0 Å². The molecule has 3 nitrogen and oxygen atoms in total. The Bertz CT molecular complexity index is 442. The summed E-state index contributed by atoms with van der Waals surface area (Å²) < 4.78 is 0. The molecule has 0 radical (unpaired) electrons. The Kier molecular flexibility index (Phi) is 6.34. The van der Waals surface area contributed by atoms with Gasteiger partial charge < -0.3 is 10.4 Å². The number of nitrogens with one attached hydrogen (secondary N) is 1. The van der Waals surface area contributed by atoms with E-state index in [1.54, 1.807) is 24.4 Å². The van der Waals surface area contributed by atoms with Crippen molar-refractivity contribution in [3.05, 3.63) is 28.8 Å². The minimum absolute atomic E-state index is 0.221. The van der Waals surface area contributed by atoms with E-state index in [9.17, 15) is 5.11 Å². The first kappa shape index (κ1) is 15.3. The van der Waals surface area contributed by atoms with Crippen LogP contribution in [-0.4, -0.2) is 30.5 Å². The second-order valence-electron chi connectivity index (χ2n) is 5.38. The third kappa shape index (κ3) is 5.14. The average molecular weight is 295 g/mol. The fourth-order valence-electron chi connectivity index (χ4n) is 2.57. The van der Waals surface area contributed by atoms with Crippen LogP contribution in [0.3, 0.4) is 0 Å². The molecule has 0 spiro atoms. The van der Waals surface area contributed by atoms with Crippen LogP contribution >= 0.6 is 11.6 Å². The Morgan fingerprint density at radius 3 is 2.90 bits per heavy atom. The molecule has 0 aromatic heterocycles. The summed E-state index contributed by atoms with van der Waals surface area (Å²) in [5, 5.41) is 13.9. The van der Waals surface area contributed by atoms with Crippen molar-refractivity contribution in [2.75, 3.05) is 13.1 Å². The summed E-state index contributed by atoms with van der Waals surface area (Å²) in [6.45, 7) is 1.79. The molecule has 1 saturated carbocycles. The Labute approximate surface area is 126 Å². The van der Waals surface area contributed by atoms with Crippen molar-refractivity contribution in [1.82, 2.24) is 5.32 Å². The van der Waals surface area contributed by atoms with Crippen molar-refractivity contribution in [2.24, 2.45) is 4.99 Å². The molecule has 0 amide bonds. The zero-order valence-electron chi connectivity index (χ0n) is 11.8. The summed E-state index contributed by atoms with van der Waals surface area (Å²) in [5.74, 6) is 0.221. The fraction of sp³-hybridized carbons (Fsp3) is 0.562. The van der Waals surface area contributed by atoms with Gasteiger partial charge in [0.2, 0.25) is 0 Å². The quantitative estimate of drug-likeness (QED) is 0.619. The molecule has 4 heteroatoms. The Morgan fingerprint density at radius 2 is 2.10 bits per heavy atom. The van der Waals surface area contributed by atoms with E-state index in [0.717, 1.165) is 19.5 Å². The van der Waals surface area contributed by atoms with Crippen LogP contribution in [0.5, 0.6) is 5.75 Å². The Balaban J connectivity index is 1.65. The van der Waals surface area contributed by atoms with Crippen LogP contribution in [0.15, 0.2) is 23.2 Å². The second-order valence-corrected chi connectivity index (χ2v) is 5.82. The summed E-state index contributed by atoms with van der Waals surface area (Å²) in [4.78, 5) is 4.34. The lowest BCUT2D eigenvalue weighted by Gasteiger charge is -2.22. The molecule has 2 N–H and O–H groups in total. The molecule has 20 heavy (non-hydrogen) atoms. The van der Waals surface area contributed by atoms with Gasteiger partial charge in [-0.3, -0.25) is 4.99 Å². The van der Waals surface area contributed by atoms with Crippen molar-refractivity contribution < 1.29 is 5.11 Å². The first-order valence-electron chi connectivity index (χ1n) is 7.47. The molecule has 0 atom stereocenters. The highest BCUT2D eigenvalue weighted by molar-refractivity contribution is 6.30. The minimum atomic E-state index is 0.221. The van der Waals surface area contributed by atoms with Crippen LogP contribution in [0.1, 0.15) is 44.1 Å². The number of hydrogen-bond donors (Lipinski definition) is 2. The summed E-state index contributed by atoms with van der Waals surface area (Å²) in [7, 11) is 0. The Hall–Kier alpha value is -1.06. The van der Waals surface area contributed by atoms with Gasteiger partial charge in [-0.25, -0.2) is 0 Å². The predicted molar refractivity (Wildman–Crippen MR) is 85.1 cm³/mol. The molecular formula is C16H23ClN2O. The van der Waals surface area contributed by atoms with E-state index in [0.29, 0.717) is 16.6 Å². The van der Waals surface area contributed by atoms with E-state index in [1.165, 1.54) is 32.1 Å². The second kappa shape index (κ2) is 8.28. The van der Waals surface area contributed by atoms with Crippen LogP contribution in [0, 0.1) is 0 Å². The third-order valence-corrected chi connectivity index (χ3v) is 3.96. The standard InChI is InChI=1S/C16H23ClN2O/c17-14-7-8-16(20)13(11-14)12-18-9-4-10-19-15-5-2-1-3-6-15/h7-8,11-12,15,19-20H,1-6,9-10H2. The van der Waals surface area contributed by atoms with Crippen LogP contribution in [-0.2, 0) is 0 Å². The molecule has 2 rings (SSSR count). The number of aliphatic imine (C=N–C) groups is 1. The number of halogens is 1. The zero-order valence-corrected chi connectivity index (χ0v) is 12.6. The van der Waals surface area contributed by atoms with E-state index in [1.807, 2.05) is 0 Å². The molecule has 1 aromatic carbocycles. The molecule has 0 saturated heterocycles. The predicted octanol–water partition coefficient (Wildman–Crippen LogP) is 3.78. The van der Waals surface area contributed by atoms with Gasteiger partial charge in [-0.1, -0.05) is 30.9 Å². The maximum atomic E-state index is 9.65. The van der Waals surface area contributed by atoms with Gasteiger partial charge in [-0.15, -0.1) is 0 Å². The van der Waals surface area contributed by atoms with E-state index in [-0.39, 0.29) is 5.75 Å². The van der Waals surface area contributed by atoms with Crippen molar-refractivity contribution >= 4 is 17.8 Å². The molecule has 0 bridgehead atoms. The molecule has 1 aliphatic rings. The monoisotopic (exact) mass is 294 g/mol. The van der Waals surface area contributed by atoms with Crippen LogP contribution in [0.4, 0.5) is 0 Å². The Morgan fingerprint density at radius 1 is 1.30 bits per heavy atom. The van der Waals surface area contributed by atoms with Gasteiger partial charge in [-0.05, 0) is 44.0 Å². The maximum absolute atomic E-state index is 9.65. The number of benzene rings is 1. The van der Waals surface area contributed by atoms with Crippen LogP contribution in [0.2, 0.25) is 5.02 Å². The highest BCUT2D eigenvalue weighted by Crippen LogP contribution is 2.19. The number of rotatable bonds is 6. The van der Waals surface area contributed by atoms with Crippen molar-refractivity contribution in [3.8, 4) is 5.75 Å². The first-order chi connectivity index (χ1) is 9.75. The highest BCUT2D eigenvalue weighted by atomic mass is 35.5. The van der Waals surface area contributed by atoms with Crippen molar-refractivity contribution in [1.29, 1.82) is 0 Å². The summed E-state index contributed by atoms with van der Waals surface area (Å²) >= 11 is 5.88. The lowest BCUT2D eigenvalue weighted by atomic mass is 9.95. The van der Waals surface area contributed by atoms with Gasteiger partial charge >= 0.3 is 0 Å².